The Morgan fingerprint density at radius 1 is 1.25 bits per heavy atom. The van der Waals surface area contributed by atoms with Crippen molar-refractivity contribution in [2.24, 2.45) is 7.05 Å². The number of aryl methyl sites for hydroxylation is 1. The molecule has 2 N–H and O–H groups in total. The van der Waals surface area contributed by atoms with Gasteiger partial charge in [-0.15, -0.1) is 0 Å². The number of benzene rings is 2. The molecular weight excluding hydrogens is 254 g/mol. The van der Waals surface area contributed by atoms with Crippen LogP contribution < -0.4 is 5.32 Å². The Bertz CT molecular complexity index is 793. The number of nitrogens with one attached hydrogen (secondary N) is 1. The number of hydrogen-bond donors (Lipinski definition) is 2. The van der Waals surface area contributed by atoms with E-state index in [1.165, 1.54) is 6.07 Å². The molecule has 5 nitrogen and oxygen atoms in total. The number of rotatable bonds is 2. The fourth-order valence-electron chi connectivity index (χ4n) is 2.07. The first kappa shape index (κ1) is 12.2. The zero-order valence-electron chi connectivity index (χ0n) is 10.9. The van der Waals surface area contributed by atoms with E-state index in [-0.39, 0.29) is 11.7 Å². The van der Waals surface area contributed by atoms with E-state index in [2.05, 4.69) is 10.4 Å². The first-order chi connectivity index (χ1) is 9.63. The SMILES string of the molecule is Cn1ncc2ccc(C(=O)Nc3cccc(O)c3)cc21. The van der Waals surface area contributed by atoms with Crippen molar-refractivity contribution in [3.8, 4) is 5.75 Å². The normalized spacial score (nSPS) is 10.7. The van der Waals surface area contributed by atoms with E-state index < -0.39 is 0 Å². The second-order valence-corrected chi connectivity index (χ2v) is 4.55. The predicted molar refractivity (Wildman–Crippen MR) is 76.8 cm³/mol. The molecular formula is C15H13N3O2. The Labute approximate surface area is 115 Å². The molecule has 0 spiro atoms. The van der Waals surface area contributed by atoms with Crippen LogP contribution in [0.5, 0.6) is 5.75 Å². The summed E-state index contributed by atoms with van der Waals surface area (Å²) in [5, 5.41) is 17.3. The lowest BCUT2D eigenvalue weighted by atomic mass is 10.1. The van der Waals surface area contributed by atoms with E-state index in [1.54, 1.807) is 41.2 Å². The summed E-state index contributed by atoms with van der Waals surface area (Å²) in [5.74, 6) is -0.108. The third kappa shape index (κ3) is 2.21. The minimum Gasteiger partial charge on any atom is -0.508 e. The summed E-state index contributed by atoms with van der Waals surface area (Å²) < 4.78 is 1.72. The molecule has 0 saturated carbocycles. The highest BCUT2D eigenvalue weighted by Gasteiger charge is 2.09. The highest BCUT2D eigenvalue weighted by atomic mass is 16.3. The molecule has 5 heteroatoms. The smallest absolute Gasteiger partial charge is 0.255 e. The molecule has 3 aromatic rings. The number of carbonyl (C=O) groups excluding carboxylic acids is 1. The number of hydrogen-bond acceptors (Lipinski definition) is 3. The lowest BCUT2D eigenvalue weighted by molar-refractivity contribution is 0.102. The van der Waals surface area contributed by atoms with Gasteiger partial charge in [0.05, 0.1) is 11.7 Å². The van der Waals surface area contributed by atoms with Crippen molar-refractivity contribution >= 4 is 22.5 Å². The van der Waals surface area contributed by atoms with Crippen molar-refractivity contribution in [2.75, 3.05) is 5.32 Å². The summed E-state index contributed by atoms with van der Waals surface area (Å²) in [7, 11) is 1.83. The monoisotopic (exact) mass is 267 g/mol. The Balaban J connectivity index is 1.90. The lowest BCUT2D eigenvalue weighted by Crippen LogP contribution is -2.11. The standard InChI is InChI=1S/C15H13N3O2/c1-18-14-7-10(5-6-11(14)9-16-18)15(20)17-12-3-2-4-13(19)8-12/h2-9,19H,1H3,(H,17,20). The van der Waals surface area contributed by atoms with E-state index >= 15 is 0 Å². The van der Waals surface area contributed by atoms with Crippen LogP contribution in [-0.4, -0.2) is 20.8 Å². The third-order valence-corrected chi connectivity index (χ3v) is 3.12. The van der Waals surface area contributed by atoms with Gasteiger partial charge >= 0.3 is 0 Å². The Kier molecular flexibility index (Phi) is 2.87. The van der Waals surface area contributed by atoms with Crippen LogP contribution in [0.15, 0.2) is 48.7 Å². The number of anilines is 1. The number of aromatic hydroxyl groups is 1. The molecule has 100 valence electrons. The van der Waals surface area contributed by atoms with Crippen LogP contribution in [0.3, 0.4) is 0 Å². The molecule has 0 fully saturated rings. The third-order valence-electron chi connectivity index (χ3n) is 3.12. The number of phenols is 1. The maximum absolute atomic E-state index is 12.2. The van der Waals surface area contributed by atoms with Crippen LogP contribution in [0.2, 0.25) is 0 Å². The summed E-state index contributed by atoms with van der Waals surface area (Å²) in [6.45, 7) is 0. The highest BCUT2D eigenvalue weighted by Crippen LogP contribution is 2.18. The van der Waals surface area contributed by atoms with Gasteiger partial charge in [-0.2, -0.15) is 5.10 Å². The van der Waals surface area contributed by atoms with E-state index in [0.717, 1.165) is 10.9 Å². The van der Waals surface area contributed by atoms with E-state index in [1.807, 2.05) is 13.1 Å². The van der Waals surface area contributed by atoms with Gasteiger partial charge in [0.2, 0.25) is 0 Å². The van der Waals surface area contributed by atoms with Crippen molar-refractivity contribution < 1.29 is 9.90 Å². The number of aromatic nitrogens is 2. The van der Waals surface area contributed by atoms with Crippen molar-refractivity contribution in [1.29, 1.82) is 0 Å². The summed E-state index contributed by atoms with van der Waals surface area (Å²) >= 11 is 0. The van der Waals surface area contributed by atoms with Gasteiger partial charge in [0, 0.05) is 29.8 Å². The largest absolute Gasteiger partial charge is 0.508 e. The molecule has 3 rings (SSSR count). The molecule has 0 aliphatic heterocycles. The predicted octanol–water partition coefficient (Wildman–Crippen LogP) is 2.53. The Hall–Kier alpha value is -2.82. The number of carbonyl (C=O) groups is 1. The lowest BCUT2D eigenvalue weighted by Gasteiger charge is -2.06. The zero-order valence-corrected chi connectivity index (χ0v) is 10.9. The van der Waals surface area contributed by atoms with Gasteiger partial charge in [-0.3, -0.25) is 9.48 Å². The molecule has 0 atom stereocenters. The van der Waals surface area contributed by atoms with Crippen LogP contribution in [-0.2, 0) is 7.05 Å². The van der Waals surface area contributed by atoms with E-state index in [9.17, 15) is 9.90 Å². The van der Waals surface area contributed by atoms with Gasteiger partial charge in [0.25, 0.3) is 5.91 Å². The first-order valence-electron chi connectivity index (χ1n) is 6.15. The number of phenolic OH excluding ortho intramolecular Hbond substituents is 1. The Morgan fingerprint density at radius 3 is 2.90 bits per heavy atom. The molecule has 0 aliphatic rings. The van der Waals surface area contributed by atoms with Gasteiger partial charge in [-0.05, 0) is 24.3 Å². The molecule has 1 aromatic heterocycles. The maximum atomic E-state index is 12.2. The molecule has 2 aromatic carbocycles. The number of amides is 1. The summed E-state index contributed by atoms with van der Waals surface area (Å²) in [6.07, 6.45) is 1.76. The number of nitrogens with zero attached hydrogens (tertiary/aromatic N) is 2. The quantitative estimate of drug-likeness (QED) is 0.749. The van der Waals surface area contributed by atoms with Crippen LogP contribution >= 0.6 is 0 Å². The second-order valence-electron chi connectivity index (χ2n) is 4.55. The van der Waals surface area contributed by atoms with Crippen molar-refractivity contribution in [3.63, 3.8) is 0 Å². The van der Waals surface area contributed by atoms with Crippen molar-refractivity contribution in [2.45, 2.75) is 0 Å². The zero-order chi connectivity index (χ0) is 14.1. The van der Waals surface area contributed by atoms with Gasteiger partial charge in [0.15, 0.2) is 0 Å². The molecule has 0 unspecified atom stereocenters. The average molecular weight is 267 g/mol. The average Bonchev–Trinajstić information content (AvgIpc) is 2.80. The molecule has 0 bridgehead atoms. The van der Waals surface area contributed by atoms with Crippen LogP contribution in [0, 0.1) is 0 Å². The van der Waals surface area contributed by atoms with Gasteiger partial charge in [-0.1, -0.05) is 12.1 Å². The topological polar surface area (TPSA) is 67.2 Å². The van der Waals surface area contributed by atoms with Crippen LogP contribution in [0.4, 0.5) is 5.69 Å². The molecule has 0 radical (unpaired) electrons. The second kappa shape index (κ2) is 4.70. The molecule has 0 aliphatic carbocycles. The minimum atomic E-state index is -0.223. The van der Waals surface area contributed by atoms with Crippen LogP contribution in [0.1, 0.15) is 10.4 Å². The fraction of sp³-hybridized carbons (Fsp3) is 0.0667. The number of fused-ring (bicyclic) bond motifs is 1. The molecule has 20 heavy (non-hydrogen) atoms. The fourth-order valence-corrected chi connectivity index (χ4v) is 2.07. The summed E-state index contributed by atoms with van der Waals surface area (Å²) in [4.78, 5) is 12.2. The van der Waals surface area contributed by atoms with Gasteiger partial charge in [0.1, 0.15) is 5.75 Å². The van der Waals surface area contributed by atoms with Gasteiger partial charge in [-0.25, -0.2) is 0 Å². The summed E-state index contributed by atoms with van der Waals surface area (Å²) in [6, 6.07) is 11.9. The van der Waals surface area contributed by atoms with Crippen LogP contribution in [0.25, 0.3) is 10.9 Å². The van der Waals surface area contributed by atoms with E-state index in [4.69, 9.17) is 0 Å². The van der Waals surface area contributed by atoms with Crippen molar-refractivity contribution in [1.82, 2.24) is 9.78 Å². The molecule has 1 amide bonds. The minimum absolute atomic E-state index is 0.116. The first-order valence-corrected chi connectivity index (χ1v) is 6.15. The highest BCUT2D eigenvalue weighted by molar-refractivity contribution is 6.06. The van der Waals surface area contributed by atoms with Gasteiger partial charge < -0.3 is 10.4 Å². The summed E-state index contributed by atoms with van der Waals surface area (Å²) in [5.41, 5.74) is 2.00. The Morgan fingerprint density at radius 2 is 2.10 bits per heavy atom. The maximum Gasteiger partial charge on any atom is 0.255 e. The van der Waals surface area contributed by atoms with E-state index in [0.29, 0.717) is 11.3 Å². The molecule has 1 heterocycles. The van der Waals surface area contributed by atoms with Crippen molar-refractivity contribution in [3.05, 3.63) is 54.2 Å². The molecule has 0 saturated heterocycles.